The fourth-order valence-electron chi connectivity index (χ4n) is 2.47. The molecular weight excluding hydrogens is 299 g/mol. The van der Waals surface area contributed by atoms with Crippen LogP contribution < -0.4 is 19.1 Å². The predicted molar refractivity (Wildman–Crippen MR) is 84.7 cm³/mol. The topological polar surface area (TPSA) is 15.3 Å². The van der Waals surface area contributed by atoms with Gasteiger partial charge in [-0.2, -0.15) is 0 Å². The molecule has 0 unspecified atom stereocenters. The van der Waals surface area contributed by atoms with E-state index in [1.54, 1.807) is 0 Å². The van der Waals surface area contributed by atoms with Gasteiger partial charge in [-0.25, -0.2) is 0 Å². The molecule has 0 aliphatic carbocycles. The van der Waals surface area contributed by atoms with Crippen LogP contribution in [0.2, 0.25) is 0 Å². The van der Waals surface area contributed by atoms with Gasteiger partial charge < -0.3 is 0 Å². The molecule has 3 rings (SSSR count). The van der Waals surface area contributed by atoms with Crippen LogP contribution in [-0.4, -0.2) is 28.0 Å². The van der Waals surface area contributed by atoms with Crippen LogP contribution in [0.5, 0.6) is 0 Å². The maximum absolute atomic E-state index is 3.63. The van der Waals surface area contributed by atoms with E-state index in [1.165, 1.54) is 26.0 Å². The Morgan fingerprint density at radius 3 is 2.47 bits per heavy atom. The van der Waals surface area contributed by atoms with Crippen LogP contribution in [0.3, 0.4) is 0 Å². The van der Waals surface area contributed by atoms with Gasteiger partial charge in [-0.3, -0.25) is 0 Å². The summed E-state index contributed by atoms with van der Waals surface area (Å²) in [6.45, 7) is 6.52. The number of nitrogens with one attached hydrogen (secondary N) is 1. The van der Waals surface area contributed by atoms with Crippen LogP contribution in [0.1, 0.15) is 13.8 Å². The Balaban J connectivity index is 2.06. The van der Waals surface area contributed by atoms with Gasteiger partial charge in [-0.15, -0.1) is 0 Å². The summed E-state index contributed by atoms with van der Waals surface area (Å²) in [5.74, 6) is 0. The van der Waals surface area contributed by atoms with E-state index >= 15 is 0 Å². The number of para-hydroxylation sites is 2. The fraction of sp³-hybridized carbons (Fsp3) is 0.250. The van der Waals surface area contributed by atoms with Crippen LogP contribution in [0.4, 0.5) is 17.1 Å². The van der Waals surface area contributed by atoms with Crippen molar-refractivity contribution in [2.45, 2.75) is 13.8 Å². The van der Waals surface area contributed by atoms with Gasteiger partial charge in [0, 0.05) is 0 Å². The standard InChI is InChI=1S/C16H18N2Se/c1-3-18(4-2)13-9-7-11-15-16(13)17-12-8-5-6-10-14(12)19-15/h5-11,17H,3-4H2,1-2H3. The summed E-state index contributed by atoms with van der Waals surface area (Å²) in [6, 6.07) is 15.3. The van der Waals surface area contributed by atoms with E-state index in [0.29, 0.717) is 15.0 Å². The molecule has 0 saturated heterocycles. The number of rotatable bonds is 3. The third kappa shape index (κ3) is 2.24. The molecule has 0 aromatic heterocycles. The quantitative estimate of drug-likeness (QED) is 0.746. The second kappa shape index (κ2) is 5.28. The summed E-state index contributed by atoms with van der Waals surface area (Å²) < 4.78 is 2.90. The van der Waals surface area contributed by atoms with Crippen LogP contribution >= 0.6 is 0 Å². The molecule has 0 atom stereocenters. The number of fused-ring (bicyclic) bond motifs is 2. The second-order valence-electron chi connectivity index (χ2n) is 4.55. The van der Waals surface area contributed by atoms with E-state index < -0.39 is 0 Å². The van der Waals surface area contributed by atoms with Crippen molar-refractivity contribution < 1.29 is 0 Å². The number of hydrogen-bond acceptors (Lipinski definition) is 2. The van der Waals surface area contributed by atoms with Gasteiger partial charge in [0.2, 0.25) is 0 Å². The van der Waals surface area contributed by atoms with E-state index in [4.69, 9.17) is 0 Å². The van der Waals surface area contributed by atoms with Gasteiger partial charge >= 0.3 is 121 Å². The van der Waals surface area contributed by atoms with Crippen molar-refractivity contribution in [2.24, 2.45) is 0 Å². The van der Waals surface area contributed by atoms with Crippen molar-refractivity contribution in [3.63, 3.8) is 0 Å². The average molecular weight is 317 g/mol. The molecule has 2 aromatic rings. The zero-order valence-corrected chi connectivity index (χ0v) is 13.0. The number of hydrogen-bond donors (Lipinski definition) is 1. The second-order valence-corrected chi connectivity index (χ2v) is 6.82. The Hall–Kier alpha value is -1.44. The molecule has 0 spiro atoms. The van der Waals surface area contributed by atoms with Crippen molar-refractivity contribution in [3.05, 3.63) is 42.5 Å². The Bertz CT molecular complexity index is 591. The molecule has 2 aromatic carbocycles. The molecule has 1 aliphatic heterocycles. The third-order valence-corrected chi connectivity index (χ3v) is 5.86. The van der Waals surface area contributed by atoms with Crippen LogP contribution in [0, 0.1) is 0 Å². The minimum atomic E-state index is 0.403. The molecule has 0 bridgehead atoms. The maximum atomic E-state index is 3.63. The van der Waals surface area contributed by atoms with E-state index in [0.717, 1.165) is 13.1 Å². The molecule has 0 fully saturated rings. The van der Waals surface area contributed by atoms with Crippen molar-refractivity contribution in [1.82, 2.24) is 0 Å². The summed E-state index contributed by atoms with van der Waals surface area (Å²) >= 11 is 0.403. The number of benzene rings is 2. The van der Waals surface area contributed by atoms with Crippen LogP contribution in [0.25, 0.3) is 0 Å². The number of anilines is 3. The molecular formula is C16H18N2Se. The van der Waals surface area contributed by atoms with Crippen LogP contribution in [0.15, 0.2) is 42.5 Å². The Kier molecular flexibility index (Phi) is 3.50. The van der Waals surface area contributed by atoms with Gasteiger partial charge in [-0.05, 0) is 0 Å². The SMILES string of the molecule is CCN(CC)c1cccc2c1Nc1ccccc1[Se]2. The summed E-state index contributed by atoms with van der Waals surface area (Å²) in [4.78, 5) is 2.41. The number of nitrogens with zero attached hydrogens (tertiary/aromatic N) is 1. The Morgan fingerprint density at radius 1 is 0.947 bits per heavy atom. The van der Waals surface area contributed by atoms with Crippen molar-refractivity contribution >= 4 is 40.9 Å². The molecule has 3 heteroatoms. The summed E-state index contributed by atoms with van der Waals surface area (Å²) in [7, 11) is 0. The van der Waals surface area contributed by atoms with E-state index in [2.05, 4.69) is 66.5 Å². The summed E-state index contributed by atoms with van der Waals surface area (Å²) in [6.07, 6.45) is 0. The first-order chi connectivity index (χ1) is 9.33. The minimum absolute atomic E-state index is 0.403. The molecule has 1 N–H and O–H groups in total. The van der Waals surface area contributed by atoms with E-state index in [-0.39, 0.29) is 0 Å². The molecule has 98 valence electrons. The zero-order valence-electron chi connectivity index (χ0n) is 11.3. The first kappa shape index (κ1) is 12.6. The average Bonchev–Trinajstić information content (AvgIpc) is 2.46. The molecule has 2 nitrogen and oxygen atoms in total. The van der Waals surface area contributed by atoms with E-state index in [1.807, 2.05) is 0 Å². The summed E-state index contributed by atoms with van der Waals surface area (Å²) in [5, 5.41) is 3.63. The van der Waals surface area contributed by atoms with Crippen LogP contribution in [-0.2, 0) is 0 Å². The first-order valence-corrected chi connectivity index (χ1v) is 8.46. The van der Waals surface area contributed by atoms with Crippen molar-refractivity contribution in [3.8, 4) is 0 Å². The molecule has 0 radical (unpaired) electrons. The van der Waals surface area contributed by atoms with Crippen molar-refractivity contribution in [1.29, 1.82) is 0 Å². The molecule has 1 heterocycles. The van der Waals surface area contributed by atoms with Gasteiger partial charge in [0.15, 0.2) is 0 Å². The monoisotopic (exact) mass is 318 g/mol. The first-order valence-electron chi connectivity index (χ1n) is 6.75. The molecule has 19 heavy (non-hydrogen) atoms. The summed E-state index contributed by atoms with van der Waals surface area (Å²) in [5.41, 5.74) is 3.92. The molecule has 1 aliphatic rings. The van der Waals surface area contributed by atoms with E-state index in [9.17, 15) is 0 Å². The molecule has 0 amide bonds. The third-order valence-electron chi connectivity index (χ3n) is 3.48. The predicted octanol–water partition coefficient (Wildman–Crippen LogP) is 2.24. The normalized spacial score (nSPS) is 12.3. The Morgan fingerprint density at radius 2 is 1.68 bits per heavy atom. The fourth-order valence-corrected chi connectivity index (χ4v) is 4.60. The zero-order chi connectivity index (χ0) is 13.2. The van der Waals surface area contributed by atoms with Gasteiger partial charge in [0.25, 0.3) is 0 Å². The Labute approximate surface area is 121 Å². The van der Waals surface area contributed by atoms with Gasteiger partial charge in [-0.1, -0.05) is 0 Å². The van der Waals surface area contributed by atoms with Crippen molar-refractivity contribution in [2.75, 3.05) is 23.3 Å². The van der Waals surface area contributed by atoms with Gasteiger partial charge in [0.1, 0.15) is 0 Å². The van der Waals surface area contributed by atoms with Gasteiger partial charge in [0.05, 0.1) is 0 Å². The molecule has 0 saturated carbocycles.